The molecular formula is C18H17N4+. The number of benzene rings is 1. The second kappa shape index (κ2) is 6.63. The van der Waals surface area contributed by atoms with Gasteiger partial charge in [0.2, 0.25) is 0 Å². The third-order valence-electron chi connectivity index (χ3n) is 3.31. The second-order valence-corrected chi connectivity index (χ2v) is 4.79. The van der Waals surface area contributed by atoms with Crippen LogP contribution in [-0.4, -0.2) is 17.0 Å². The smallest absolute Gasteiger partial charge is 0.388 e. The Kier molecular flexibility index (Phi) is 4.20. The average molecular weight is 289 g/mol. The molecule has 2 heterocycles. The summed E-state index contributed by atoms with van der Waals surface area (Å²) in [5.41, 5.74) is 3.41. The van der Waals surface area contributed by atoms with Crippen LogP contribution in [0.2, 0.25) is 0 Å². The number of anilines is 1. The summed E-state index contributed by atoms with van der Waals surface area (Å²) in [6.45, 7) is 0. The summed E-state index contributed by atoms with van der Waals surface area (Å²) >= 11 is 0. The topological polar surface area (TPSA) is 41.7 Å². The molecule has 0 radical (unpaired) electrons. The van der Waals surface area contributed by atoms with Gasteiger partial charge in [0.1, 0.15) is 12.4 Å². The zero-order valence-electron chi connectivity index (χ0n) is 12.3. The zero-order valence-corrected chi connectivity index (χ0v) is 12.3. The van der Waals surface area contributed by atoms with Gasteiger partial charge in [-0.15, -0.1) is 0 Å². The molecule has 0 fully saturated rings. The predicted octanol–water partition coefficient (Wildman–Crippen LogP) is 2.97. The summed E-state index contributed by atoms with van der Waals surface area (Å²) in [6.07, 6.45) is 11.6. The normalized spacial score (nSPS) is 10.8. The fraction of sp³-hybridized carbons (Fsp3) is 0.0556. The summed E-state index contributed by atoms with van der Waals surface area (Å²) in [6, 6.07) is 14.2. The van der Waals surface area contributed by atoms with Crippen LogP contribution in [0.15, 0.2) is 67.3 Å². The molecule has 2 aromatic heterocycles. The molecule has 0 bridgehead atoms. The molecule has 22 heavy (non-hydrogen) atoms. The summed E-state index contributed by atoms with van der Waals surface area (Å²) < 4.78 is 1.89. The van der Waals surface area contributed by atoms with Crippen molar-refractivity contribution in [3.8, 4) is 5.95 Å². The molecule has 3 rings (SSSR count). The highest BCUT2D eigenvalue weighted by Gasteiger charge is 2.05. The molecule has 108 valence electrons. The number of nitrogens with zero attached hydrogens (tertiary/aromatic N) is 3. The highest BCUT2D eigenvalue weighted by Crippen LogP contribution is 2.11. The first-order valence-electron chi connectivity index (χ1n) is 7.10. The standard InChI is InChI=1S/C18H16N4/c1-19-17-7-5-15(6-8-17)3-4-16-9-13-22(14-10-16)18-20-11-2-12-21-18/h2-14H,1H3/p+1. The van der Waals surface area contributed by atoms with Crippen molar-refractivity contribution >= 4 is 17.8 Å². The van der Waals surface area contributed by atoms with Crippen LogP contribution in [0.1, 0.15) is 11.1 Å². The number of rotatable bonds is 4. The first kappa shape index (κ1) is 13.9. The number of aromatic nitrogens is 3. The Morgan fingerprint density at radius 2 is 1.45 bits per heavy atom. The van der Waals surface area contributed by atoms with Crippen molar-refractivity contribution in [2.24, 2.45) is 0 Å². The van der Waals surface area contributed by atoms with E-state index in [0.29, 0.717) is 5.95 Å². The molecule has 0 unspecified atom stereocenters. The van der Waals surface area contributed by atoms with Gasteiger partial charge in [0, 0.05) is 18.8 Å². The van der Waals surface area contributed by atoms with Crippen LogP contribution < -0.4 is 9.88 Å². The number of pyridine rings is 1. The van der Waals surface area contributed by atoms with Crippen LogP contribution in [0.5, 0.6) is 0 Å². The zero-order chi connectivity index (χ0) is 15.2. The van der Waals surface area contributed by atoms with E-state index < -0.39 is 0 Å². The van der Waals surface area contributed by atoms with Gasteiger partial charge in [-0.25, -0.2) is 4.57 Å². The highest BCUT2D eigenvalue weighted by molar-refractivity contribution is 5.70. The monoisotopic (exact) mass is 289 g/mol. The molecule has 0 atom stereocenters. The Balaban J connectivity index is 1.74. The van der Waals surface area contributed by atoms with Gasteiger partial charge in [-0.2, -0.15) is 0 Å². The van der Waals surface area contributed by atoms with Gasteiger partial charge in [-0.05, 0) is 35.4 Å². The molecule has 1 aromatic carbocycles. The molecule has 0 aliphatic carbocycles. The SMILES string of the molecule is CNc1ccc(/C=C/c2cc[n+](-c3ncccn3)cc2)cc1. The number of hydrogen-bond acceptors (Lipinski definition) is 3. The quantitative estimate of drug-likeness (QED) is 0.751. The third kappa shape index (κ3) is 3.35. The van der Waals surface area contributed by atoms with Crippen molar-refractivity contribution in [3.63, 3.8) is 0 Å². The summed E-state index contributed by atoms with van der Waals surface area (Å²) in [5.74, 6) is 0.667. The molecule has 1 N–H and O–H groups in total. The average Bonchev–Trinajstić information content (AvgIpc) is 2.61. The van der Waals surface area contributed by atoms with E-state index in [0.717, 1.165) is 11.3 Å². The molecule has 0 amide bonds. The van der Waals surface area contributed by atoms with E-state index in [4.69, 9.17) is 0 Å². The maximum atomic E-state index is 4.22. The fourth-order valence-electron chi connectivity index (χ4n) is 2.06. The van der Waals surface area contributed by atoms with Crippen molar-refractivity contribution in [2.75, 3.05) is 12.4 Å². The van der Waals surface area contributed by atoms with Crippen LogP contribution >= 0.6 is 0 Å². The first-order valence-corrected chi connectivity index (χ1v) is 7.10. The van der Waals surface area contributed by atoms with E-state index in [1.54, 1.807) is 18.5 Å². The second-order valence-electron chi connectivity index (χ2n) is 4.79. The van der Waals surface area contributed by atoms with Gasteiger partial charge in [-0.3, -0.25) is 0 Å². The Morgan fingerprint density at radius 1 is 0.864 bits per heavy atom. The van der Waals surface area contributed by atoms with Gasteiger partial charge in [0.15, 0.2) is 0 Å². The lowest BCUT2D eigenvalue weighted by Crippen LogP contribution is -2.31. The van der Waals surface area contributed by atoms with Gasteiger partial charge in [-0.1, -0.05) is 34.3 Å². The van der Waals surface area contributed by atoms with Crippen molar-refractivity contribution < 1.29 is 4.57 Å². The van der Waals surface area contributed by atoms with Crippen LogP contribution in [0.3, 0.4) is 0 Å². The minimum atomic E-state index is 0.667. The fourth-order valence-corrected chi connectivity index (χ4v) is 2.06. The molecule has 0 saturated carbocycles. The van der Waals surface area contributed by atoms with Crippen LogP contribution in [0, 0.1) is 0 Å². The van der Waals surface area contributed by atoms with Gasteiger partial charge < -0.3 is 5.32 Å². The summed E-state index contributed by atoms with van der Waals surface area (Å²) in [4.78, 5) is 8.43. The van der Waals surface area contributed by atoms with Gasteiger partial charge in [0.25, 0.3) is 0 Å². The minimum absolute atomic E-state index is 0.667. The van der Waals surface area contributed by atoms with Crippen molar-refractivity contribution in [2.45, 2.75) is 0 Å². The molecule has 4 nitrogen and oxygen atoms in total. The van der Waals surface area contributed by atoms with Gasteiger partial charge >= 0.3 is 5.95 Å². The van der Waals surface area contributed by atoms with E-state index in [1.807, 2.05) is 36.1 Å². The summed E-state index contributed by atoms with van der Waals surface area (Å²) in [7, 11) is 1.92. The molecular weight excluding hydrogens is 272 g/mol. The van der Waals surface area contributed by atoms with E-state index in [9.17, 15) is 0 Å². The van der Waals surface area contributed by atoms with Crippen LogP contribution in [0.25, 0.3) is 18.1 Å². The molecule has 0 aliphatic rings. The molecule has 0 saturated heterocycles. The molecule has 3 aromatic rings. The Hall–Kier alpha value is -3.01. The number of nitrogens with one attached hydrogen (secondary N) is 1. The van der Waals surface area contributed by atoms with Crippen molar-refractivity contribution in [1.82, 2.24) is 9.97 Å². The number of hydrogen-bond donors (Lipinski definition) is 1. The Labute approximate surface area is 129 Å². The maximum absolute atomic E-state index is 4.22. The lowest BCUT2D eigenvalue weighted by atomic mass is 10.1. The molecule has 0 spiro atoms. The largest absolute Gasteiger partial charge is 0.437 e. The third-order valence-corrected chi connectivity index (χ3v) is 3.31. The van der Waals surface area contributed by atoms with Crippen molar-refractivity contribution in [1.29, 1.82) is 0 Å². The van der Waals surface area contributed by atoms with Crippen LogP contribution in [-0.2, 0) is 0 Å². The van der Waals surface area contributed by atoms with Crippen molar-refractivity contribution in [3.05, 3.63) is 78.4 Å². The lowest BCUT2D eigenvalue weighted by Gasteiger charge is -2.00. The van der Waals surface area contributed by atoms with E-state index >= 15 is 0 Å². The lowest BCUT2D eigenvalue weighted by molar-refractivity contribution is -0.603. The summed E-state index contributed by atoms with van der Waals surface area (Å²) in [5, 5.41) is 3.11. The Bertz CT molecular complexity index is 747. The van der Waals surface area contributed by atoms with E-state index in [1.165, 1.54) is 5.56 Å². The highest BCUT2D eigenvalue weighted by atomic mass is 15.1. The van der Waals surface area contributed by atoms with Crippen LogP contribution in [0.4, 0.5) is 5.69 Å². The maximum Gasteiger partial charge on any atom is 0.437 e. The van der Waals surface area contributed by atoms with E-state index in [-0.39, 0.29) is 0 Å². The first-order chi connectivity index (χ1) is 10.8. The molecule has 0 aliphatic heterocycles. The minimum Gasteiger partial charge on any atom is -0.388 e. The predicted molar refractivity (Wildman–Crippen MR) is 88.5 cm³/mol. The van der Waals surface area contributed by atoms with E-state index in [2.05, 4.69) is 51.7 Å². The van der Waals surface area contributed by atoms with Gasteiger partial charge in [0.05, 0.1) is 12.4 Å². The Morgan fingerprint density at radius 3 is 2.05 bits per heavy atom. The molecule has 4 heteroatoms.